The van der Waals surface area contributed by atoms with Crippen molar-refractivity contribution < 1.29 is 9.53 Å². The molecule has 0 aliphatic carbocycles. The minimum absolute atomic E-state index is 0.0363. The lowest BCUT2D eigenvalue weighted by Crippen LogP contribution is -2.42. The zero-order valence-corrected chi connectivity index (χ0v) is 13.2. The number of amides is 1. The van der Waals surface area contributed by atoms with Crippen molar-refractivity contribution in [3.05, 3.63) is 33.8 Å². The van der Waals surface area contributed by atoms with Crippen LogP contribution in [0.1, 0.15) is 33.0 Å². The minimum Gasteiger partial charge on any atom is -0.367 e. The Hall–Kier alpha value is -1.73. The summed E-state index contributed by atoms with van der Waals surface area (Å²) in [6.45, 7) is 5.48. The fourth-order valence-electron chi connectivity index (χ4n) is 2.57. The van der Waals surface area contributed by atoms with Crippen molar-refractivity contribution in [2.45, 2.75) is 20.0 Å². The van der Waals surface area contributed by atoms with Gasteiger partial charge < -0.3 is 14.2 Å². The molecule has 0 radical (unpaired) electrons. The molecule has 3 heterocycles. The monoisotopic (exact) mass is 306 g/mol. The van der Waals surface area contributed by atoms with Crippen LogP contribution in [0, 0.1) is 13.8 Å². The maximum Gasteiger partial charge on any atom is 0.266 e. The summed E-state index contributed by atoms with van der Waals surface area (Å²) in [7, 11) is 1.95. The van der Waals surface area contributed by atoms with E-state index in [0.29, 0.717) is 24.6 Å². The molecule has 0 saturated carbocycles. The van der Waals surface area contributed by atoms with Crippen LogP contribution in [0.5, 0.6) is 0 Å². The Morgan fingerprint density at radius 3 is 2.90 bits per heavy atom. The Kier molecular flexibility index (Phi) is 3.77. The molecular weight excluding hydrogens is 288 g/mol. The Bertz CT molecular complexity index is 664. The number of aryl methyl sites for hydroxylation is 3. The van der Waals surface area contributed by atoms with Gasteiger partial charge in [0, 0.05) is 19.8 Å². The molecule has 1 amide bonds. The number of rotatable bonds is 2. The molecule has 7 heteroatoms. The molecule has 0 bridgehead atoms. The summed E-state index contributed by atoms with van der Waals surface area (Å²) in [6.07, 6.45) is 1.79. The number of hydrogen-bond donors (Lipinski definition) is 0. The summed E-state index contributed by atoms with van der Waals surface area (Å²) >= 11 is 1.39. The number of morpholine rings is 1. The maximum atomic E-state index is 12.6. The molecule has 2 aromatic heterocycles. The van der Waals surface area contributed by atoms with Crippen LogP contribution in [0.15, 0.2) is 11.7 Å². The van der Waals surface area contributed by atoms with Gasteiger partial charge in [-0.25, -0.2) is 9.97 Å². The first-order valence-electron chi connectivity index (χ1n) is 6.87. The molecule has 1 unspecified atom stereocenters. The van der Waals surface area contributed by atoms with Crippen LogP contribution in [0.25, 0.3) is 0 Å². The molecule has 1 saturated heterocycles. The SMILES string of the molecule is Cc1cn(C)c(C2CN(C(=O)c3scnc3C)CCO2)n1. The fourth-order valence-corrected chi connectivity index (χ4v) is 3.34. The van der Waals surface area contributed by atoms with E-state index in [1.54, 1.807) is 5.51 Å². The summed E-state index contributed by atoms with van der Waals surface area (Å²) in [6, 6.07) is 0. The number of carbonyl (C=O) groups is 1. The number of thiazole rings is 1. The Morgan fingerprint density at radius 2 is 2.29 bits per heavy atom. The largest absolute Gasteiger partial charge is 0.367 e. The smallest absolute Gasteiger partial charge is 0.266 e. The van der Waals surface area contributed by atoms with E-state index in [2.05, 4.69) is 9.97 Å². The van der Waals surface area contributed by atoms with Crippen LogP contribution in [0.2, 0.25) is 0 Å². The van der Waals surface area contributed by atoms with Gasteiger partial charge in [0.05, 0.1) is 30.1 Å². The predicted molar refractivity (Wildman–Crippen MR) is 79.4 cm³/mol. The molecule has 112 valence electrons. The first-order chi connectivity index (χ1) is 10.1. The predicted octanol–water partition coefficient (Wildman–Crippen LogP) is 1.71. The molecule has 2 aromatic rings. The molecule has 21 heavy (non-hydrogen) atoms. The van der Waals surface area contributed by atoms with Gasteiger partial charge in [0.1, 0.15) is 16.8 Å². The van der Waals surface area contributed by atoms with Crippen molar-refractivity contribution in [2.75, 3.05) is 19.7 Å². The van der Waals surface area contributed by atoms with E-state index >= 15 is 0 Å². The van der Waals surface area contributed by atoms with Gasteiger partial charge in [0.25, 0.3) is 5.91 Å². The van der Waals surface area contributed by atoms with Gasteiger partial charge in [-0.2, -0.15) is 0 Å². The van der Waals surface area contributed by atoms with Gasteiger partial charge in [-0.05, 0) is 13.8 Å². The normalized spacial score (nSPS) is 19.0. The quantitative estimate of drug-likeness (QED) is 0.847. The standard InChI is InChI=1S/C14H18N4O2S/c1-9-6-17(3)13(16-9)11-7-18(4-5-20-11)14(19)12-10(2)15-8-21-12/h6,8,11H,4-5,7H2,1-3H3. The lowest BCUT2D eigenvalue weighted by atomic mass is 10.2. The molecule has 1 aliphatic rings. The third-order valence-electron chi connectivity index (χ3n) is 3.61. The molecule has 6 nitrogen and oxygen atoms in total. The average molecular weight is 306 g/mol. The van der Waals surface area contributed by atoms with Crippen LogP contribution in [0.4, 0.5) is 0 Å². The Labute approximate surface area is 127 Å². The van der Waals surface area contributed by atoms with Crippen LogP contribution in [0.3, 0.4) is 0 Å². The van der Waals surface area contributed by atoms with Gasteiger partial charge in [-0.15, -0.1) is 11.3 Å². The summed E-state index contributed by atoms with van der Waals surface area (Å²) in [5.74, 6) is 0.903. The van der Waals surface area contributed by atoms with Gasteiger partial charge in [0.15, 0.2) is 0 Å². The second-order valence-corrected chi connectivity index (χ2v) is 6.08. The number of ether oxygens (including phenoxy) is 1. The lowest BCUT2D eigenvalue weighted by molar-refractivity contribution is -0.0278. The third kappa shape index (κ3) is 2.71. The van der Waals surface area contributed by atoms with Crippen LogP contribution in [-0.2, 0) is 11.8 Å². The van der Waals surface area contributed by atoms with Crippen molar-refractivity contribution in [1.82, 2.24) is 19.4 Å². The molecule has 0 aromatic carbocycles. The number of imidazole rings is 1. The molecular formula is C14H18N4O2S. The number of carbonyl (C=O) groups excluding carboxylic acids is 1. The maximum absolute atomic E-state index is 12.6. The highest BCUT2D eigenvalue weighted by molar-refractivity contribution is 7.11. The first-order valence-corrected chi connectivity index (χ1v) is 7.75. The second kappa shape index (κ2) is 5.57. The Balaban J connectivity index is 1.79. The first kappa shape index (κ1) is 14.2. The topological polar surface area (TPSA) is 60.2 Å². The van der Waals surface area contributed by atoms with Crippen LogP contribution < -0.4 is 0 Å². The average Bonchev–Trinajstić information content (AvgIpc) is 3.03. The minimum atomic E-state index is -0.172. The molecule has 0 N–H and O–H groups in total. The van der Waals surface area contributed by atoms with Gasteiger partial charge in [-0.3, -0.25) is 4.79 Å². The summed E-state index contributed by atoms with van der Waals surface area (Å²) in [5, 5.41) is 0. The lowest BCUT2D eigenvalue weighted by Gasteiger charge is -2.32. The fraction of sp³-hybridized carbons (Fsp3) is 0.500. The van der Waals surface area contributed by atoms with Crippen molar-refractivity contribution >= 4 is 17.2 Å². The van der Waals surface area contributed by atoms with E-state index < -0.39 is 0 Å². The van der Waals surface area contributed by atoms with E-state index in [-0.39, 0.29) is 12.0 Å². The molecule has 1 atom stereocenters. The highest BCUT2D eigenvalue weighted by Crippen LogP contribution is 2.24. The zero-order valence-electron chi connectivity index (χ0n) is 12.4. The molecule has 1 fully saturated rings. The van der Waals surface area contributed by atoms with E-state index in [1.807, 2.05) is 36.6 Å². The van der Waals surface area contributed by atoms with E-state index in [9.17, 15) is 4.79 Å². The van der Waals surface area contributed by atoms with E-state index in [1.165, 1.54) is 11.3 Å². The van der Waals surface area contributed by atoms with Crippen molar-refractivity contribution in [3.8, 4) is 0 Å². The van der Waals surface area contributed by atoms with Crippen molar-refractivity contribution in [1.29, 1.82) is 0 Å². The number of hydrogen-bond acceptors (Lipinski definition) is 5. The Morgan fingerprint density at radius 1 is 1.48 bits per heavy atom. The van der Waals surface area contributed by atoms with Crippen LogP contribution in [-0.4, -0.2) is 45.0 Å². The van der Waals surface area contributed by atoms with Crippen LogP contribution >= 0.6 is 11.3 Å². The highest BCUT2D eigenvalue weighted by atomic mass is 32.1. The molecule has 3 rings (SSSR count). The zero-order chi connectivity index (χ0) is 15.0. The van der Waals surface area contributed by atoms with E-state index in [0.717, 1.165) is 17.2 Å². The number of aromatic nitrogens is 3. The highest BCUT2D eigenvalue weighted by Gasteiger charge is 2.29. The second-order valence-electron chi connectivity index (χ2n) is 5.23. The van der Waals surface area contributed by atoms with Gasteiger partial charge in [0.2, 0.25) is 0 Å². The number of nitrogens with zero attached hydrogens (tertiary/aromatic N) is 4. The summed E-state index contributed by atoms with van der Waals surface area (Å²) in [5.41, 5.74) is 3.46. The molecule has 0 spiro atoms. The van der Waals surface area contributed by atoms with Crippen molar-refractivity contribution in [2.24, 2.45) is 7.05 Å². The third-order valence-corrected chi connectivity index (χ3v) is 4.53. The summed E-state index contributed by atoms with van der Waals surface area (Å²) in [4.78, 5) is 23.8. The molecule has 1 aliphatic heterocycles. The van der Waals surface area contributed by atoms with Gasteiger partial charge >= 0.3 is 0 Å². The van der Waals surface area contributed by atoms with Gasteiger partial charge in [-0.1, -0.05) is 0 Å². The van der Waals surface area contributed by atoms with Crippen molar-refractivity contribution in [3.63, 3.8) is 0 Å². The summed E-state index contributed by atoms with van der Waals surface area (Å²) < 4.78 is 7.76. The van der Waals surface area contributed by atoms with E-state index in [4.69, 9.17) is 4.74 Å².